The minimum Gasteiger partial charge on any atom is -0.377 e. The number of carbonyl (C=O) groups is 2. The molecule has 2 aliphatic heterocycles. The lowest BCUT2D eigenvalue weighted by Gasteiger charge is -2.34. The van der Waals surface area contributed by atoms with E-state index in [4.69, 9.17) is 4.84 Å². The van der Waals surface area contributed by atoms with E-state index in [9.17, 15) is 14.7 Å². The molecule has 1 aromatic rings. The maximum Gasteiger partial charge on any atom is 0.341 e. The second kappa shape index (κ2) is 9.65. The first-order valence-electron chi connectivity index (χ1n) is 9.27. The van der Waals surface area contributed by atoms with Crippen LogP contribution in [0.1, 0.15) is 18.4 Å². The highest BCUT2D eigenvalue weighted by Crippen LogP contribution is 2.11. The molecule has 0 aliphatic carbocycles. The smallest absolute Gasteiger partial charge is 0.341 e. The number of hydroxylamine groups is 1. The Morgan fingerprint density at radius 3 is 2.56 bits per heavy atom. The first-order valence-corrected chi connectivity index (χ1v) is 9.27. The van der Waals surface area contributed by atoms with Crippen molar-refractivity contribution in [3.63, 3.8) is 0 Å². The zero-order chi connectivity index (χ0) is 19.1. The summed E-state index contributed by atoms with van der Waals surface area (Å²) in [5, 5.41) is 18.3. The SMILES string of the molecule is O=C(NC1CCN(C(=O)NOCc2ccccc2)CC1)[C@H]1CN[C@@H](O)CN1. The number of urea groups is 1. The average molecular weight is 377 g/mol. The molecule has 3 amide bonds. The molecule has 5 N–H and O–H groups in total. The van der Waals surface area contributed by atoms with Crippen molar-refractivity contribution in [2.75, 3.05) is 26.2 Å². The summed E-state index contributed by atoms with van der Waals surface area (Å²) in [5.74, 6) is -0.0801. The summed E-state index contributed by atoms with van der Waals surface area (Å²) in [7, 11) is 0. The fraction of sp³-hybridized carbons (Fsp3) is 0.556. The van der Waals surface area contributed by atoms with Gasteiger partial charge in [-0.3, -0.25) is 14.9 Å². The van der Waals surface area contributed by atoms with Crippen LogP contribution in [0, 0.1) is 0 Å². The van der Waals surface area contributed by atoms with Crippen molar-refractivity contribution >= 4 is 11.9 Å². The molecule has 3 rings (SSSR count). The Kier molecular flexibility index (Phi) is 6.99. The van der Waals surface area contributed by atoms with Crippen LogP contribution in [0.3, 0.4) is 0 Å². The van der Waals surface area contributed by atoms with Gasteiger partial charge in [-0.1, -0.05) is 30.3 Å². The predicted molar refractivity (Wildman–Crippen MR) is 98.3 cm³/mol. The Balaban J connectivity index is 1.33. The third kappa shape index (κ3) is 5.90. The molecule has 2 atom stereocenters. The Morgan fingerprint density at radius 1 is 1.15 bits per heavy atom. The van der Waals surface area contributed by atoms with E-state index >= 15 is 0 Å². The van der Waals surface area contributed by atoms with Gasteiger partial charge in [-0.2, -0.15) is 0 Å². The molecule has 9 nitrogen and oxygen atoms in total. The Morgan fingerprint density at radius 2 is 1.89 bits per heavy atom. The minimum atomic E-state index is -0.611. The van der Waals surface area contributed by atoms with E-state index < -0.39 is 6.23 Å². The second-order valence-electron chi connectivity index (χ2n) is 6.84. The monoisotopic (exact) mass is 377 g/mol. The summed E-state index contributed by atoms with van der Waals surface area (Å²) in [5.41, 5.74) is 3.45. The lowest BCUT2D eigenvalue weighted by atomic mass is 10.0. The number of nitrogens with one attached hydrogen (secondary N) is 4. The number of hydrogen-bond acceptors (Lipinski definition) is 6. The Labute approximate surface area is 158 Å². The Bertz CT molecular complexity index is 613. The predicted octanol–water partition coefficient (Wildman–Crippen LogP) is -0.712. The number of amides is 3. The lowest BCUT2D eigenvalue weighted by molar-refractivity contribution is -0.124. The molecule has 0 bridgehead atoms. The molecule has 0 radical (unpaired) electrons. The fourth-order valence-corrected chi connectivity index (χ4v) is 3.19. The number of benzene rings is 1. The van der Waals surface area contributed by atoms with E-state index in [0.29, 0.717) is 45.6 Å². The molecule has 2 fully saturated rings. The summed E-state index contributed by atoms with van der Waals surface area (Å²) in [4.78, 5) is 31.4. The molecule has 0 spiro atoms. The third-order valence-corrected chi connectivity index (χ3v) is 4.80. The molecule has 0 aromatic heterocycles. The van der Waals surface area contributed by atoms with Gasteiger partial charge < -0.3 is 20.6 Å². The number of piperazine rings is 1. The number of carbonyl (C=O) groups excluding carboxylic acids is 2. The number of aliphatic hydroxyl groups is 1. The van der Waals surface area contributed by atoms with Crippen LogP contribution >= 0.6 is 0 Å². The average Bonchev–Trinajstić information content (AvgIpc) is 2.70. The quantitative estimate of drug-likeness (QED) is 0.433. The number of rotatable bonds is 5. The highest BCUT2D eigenvalue weighted by atomic mass is 16.7. The third-order valence-electron chi connectivity index (χ3n) is 4.80. The molecule has 2 heterocycles. The standard InChI is InChI=1S/C18H27N5O4/c24-16-11-19-15(10-20-16)17(25)21-14-6-8-23(9-7-14)18(26)22-27-12-13-4-2-1-3-5-13/h1-5,14-16,19-20,24H,6-12H2,(H,21,25)(H,22,26)/t15-,16+/m1/s1. The molecule has 148 valence electrons. The summed E-state index contributed by atoms with van der Waals surface area (Å²) in [6.45, 7) is 2.17. The highest BCUT2D eigenvalue weighted by Gasteiger charge is 2.28. The van der Waals surface area contributed by atoms with Crippen molar-refractivity contribution in [2.24, 2.45) is 0 Å². The second-order valence-corrected chi connectivity index (χ2v) is 6.84. The van der Waals surface area contributed by atoms with E-state index in [1.807, 2.05) is 30.3 Å². The summed E-state index contributed by atoms with van der Waals surface area (Å²) >= 11 is 0. The van der Waals surface area contributed by atoms with Crippen LogP contribution < -0.4 is 21.4 Å². The van der Waals surface area contributed by atoms with Gasteiger partial charge in [0.1, 0.15) is 6.23 Å². The van der Waals surface area contributed by atoms with E-state index in [1.54, 1.807) is 4.90 Å². The number of piperidine rings is 1. The molecule has 2 aliphatic rings. The maximum absolute atomic E-state index is 12.3. The van der Waals surface area contributed by atoms with Gasteiger partial charge in [-0.15, -0.1) is 0 Å². The number of nitrogens with zero attached hydrogens (tertiary/aromatic N) is 1. The van der Waals surface area contributed by atoms with Crippen LogP contribution in [0.25, 0.3) is 0 Å². The van der Waals surface area contributed by atoms with Crippen molar-refractivity contribution in [3.8, 4) is 0 Å². The van der Waals surface area contributed by atoms with Crippen LogP contribution in [0.15, 0.2) is 30.3 Å². The van der Waals surface area contributed by atoms with Gasteiger partial charge in [0.15, 0.2) is 0 Å². The van der Waals surface area contributed by atoms with E-state index in [2.05, 4.69) is 21.4 Å². The minimum absolute atomic E-state index is 0.0421. The van der Waals surface area contributed by atoms with E-state index in [1.165, 1.54) is 0 Å². The highest BCUT2D eigenvalue weighted by molar-refractivity contribution is 5.82. The molecule has 1 aromatic carbocycles. The van der Waals surface area contributed by atoms with Gasteiger partial charge in [0.2, 0.25) is 5.91 Å². The lowest BCUT2D eigenvalue weighted by Crippen LogP contribution is -2.61. The zero-order valence-electron chi connectivity index (χ0n) is 15.2. The summed E-state index contributed by atoms with van der Waals surface area (Å²) < 4.78 is 0. The number of likely N-dealkylation sites (tertiary alicyclic amines) is 1. The van der Waals surface area contributed by atoms with Gasteiger partial charge in [0.25, 0.3) is 0 Å². The molecule has 0 saturated carbocycles. The van der Waals surface area contributed by atoms with Crippen LogP contribution in [-0.2, 0) is 16.2 Å². The number of aliphatic hydroxyl groups excluding tert-OH is 1. The van der Waals surface area contributed by atoms with Gasteiger partial charge >= 0.3 is 6.03 Å². The molecule has 2 saturated heterocycles. The van der Waals surface area contributed by atoms with Gasteiger partial charge in [-0.25, -0.2) is 10.3 Å². The number of β-amino-alcohol motifs (C(OH)–C–C–N with tert-alkyl or cyclic N) is 1. The first kappa shape index (κ1) is 19.6. The van der Waals surface area contributed by atoms with Gasteiger partial charge in [0.05, 0.1) is 12.6 Å². The van der Waals surface area contributed by atoms with Crippen LogP contribution in [0.4, 0.5) is 4.79 Å². The van der Waals surface area contributed by atoms with Crippen molar-refractivity contribution in [2.45, 2.75) is 37.8 Å². The van der Waals surface area contributed by atoms with Gasteiger partial charge in [-0.05, 0) is 18.4 Å². The van der Waals surface area contributed by atoms with E-state index in [-0.39, 0.29) is 24.0 Å². The normalized spacial score (nSPS) is 23.7. The molecule has 9 heteroatoms. The van der Waals surface area contributed by atoms with E-state index in [0.717, 1.165) is 5.56 Å². The zero-order valence-corrected chi connectivity index (χ0v) is 15.2. The summed E-state index contributed by atoms with van der Waals surface area (Å²) in [6.07, 6.45) is 0.779. The van der Waals surface area contributed by atoms with Crippen LogP contribution in [-0.4, -0.2) is 66.4 Å². The van der Waals surface area contributed by atoms with Crippen molar-refractivity contribution in [1.29, 1.82) is 0 Å². The van der Waals surface area contributed by atoms with Crippen molar-refractivity contribution < 1.29 is 19.5 Å². The molecular formula is C18H27N5O4. The van der Waals surface area contributed by atoms with Crippen molar-refractivity contribution in [3.05, 3.63) is 35.9 Å². The van der Waals surface area contributed by atoms with Gasteiger partial charge in [0, 0.05) is 32.2 Å². The number of hydrogen-bond donors (Lipinski definition) is 5. The summed E-state index contributed by atoms with van der Waals surface area (Å²) in [6, 6.07) is 9.05. The molecular weight excluding hydrogens is 350 g/mol. The first-order chi connectivity index (χ1) is 13.1. The molecule has 27 heavy (non-hydrogen) atoms. The molecule has 0 unspecified atom stereocenters. The van der Waals surface area contributed by atoms with Crippen molar-refractivity contribution in [1.82, 2.24) is 26.3 Å². The largest absolute Gasteiger partial charge is 0.377 e. The Hall–Kier alpha value is -2.20. The van der Waals surface area contributed by atoms with Crippen LogP contribution in [0.5, 0.6) is 0 Å². The fourth-order valence-electron chi connectivity index (χ4n) is 3.19. The van der Waals surface area contributed by atoms with Crippen LogP contribution in [0.2, 0.25) is 0 Å². The maximum atomic E-state index is 12.3. The topological polar surface area (TPSA) is 115 Å².